The van der Waals surface area contributed by atoms with E-state index >= 15 is 0 Å². The second kappa shape index (κ2) is 4.55. The molecule has 0 radical (unpaired) electrons. The number of carbonyl (C=O) groups is 1. The zero-order valence-corrected chi connectivity index (χ0v) is 8.44. The van der Waals surface area contributed by atoms with Crippen LogP contribution in [0.4, 0.5) is 0 Å². The largest absolute Gasteiger partial charge is 0.480 e. The summed E-state index contributed by atoms with van der Waals surface area (Å²) in [7, 11) is 1.39. The maximum Gasteiger partial charge on any atom is 0.325 e. The average Bonchev–Trinajstić information content (AvgIpc) is 1.96. The van der Waals surface area contributed by atoms with Crippen LogP contribution in [-0.2, 0) is 9.63 Å². The minimum absolute atomic E-state index is 0.458. The molecule has 0 unspecified atom stereocenters. The number of aliphatic carboxylic acids is 1. The Kier molecular flexibility index (Phi) is 4.32. The zero-order chi connectivity index (χ0) is 10.6. The highest BCUT2D eigenvalue weighted by molar-refractivity contribution is 5.73. The Morgan fingerprint density at radius 1 is 1.54 bits per heavy atom. The maximum atomic E-state index is 10.7. The van der Waals surface area contributed by atoms with Gasteiger partial charge in [0.15, 0.2) is 6.04 Å². The number of nitrogens with zero attached hydrogens (tertiary/aromatic N) is 1. The number of rotatable bonds is 4. The number of aliphatic hydroxyl groups is 1. The molecule has 5 nitrogen and oxygen atoms in total. The van der Waals surface area contributed by atoms with E-state index in [2.05, 4.69) is 0 Å². The lowest BCUT2D eigenvalue weighted by molar-refractivity contribution is -0.226. The van der Waals surface area contributed by atoms with Gasteiger partial charge in [0.25, 0.3) is 0 Å². The van der Waals surface area contributed by atoms with Crippen LogP contribution in [0.1, 0.15) is 20.8 Å². The van der Waals surface area contributed by atoms with E-state index < -0.39 is 24.2 Å². The van der Waals surface area contributed by atoms with Crippen LogP contribution >= 0.6 is 0 Å². The van der Waals surface area contributed by atoms with Gasteiger partial charge in [0.05, 0.1) is 13.7 Å². The predicted octanol–water partition coefficient (Wildman–Crippen LogP) is 0.0938. The summed E-state index contributed by atoms with van der Waals surface area (Å²) in [6.07, 6.45) is 0. The van der Waals surface area contributed by atoms with Crippen molar-refractivity contribution in [3.05, 3.63) is 0 Å². The first kappa shape index (κ1) is 12.3. The third kappa shape index (κ3) is 3.30. The van der Waals surface area contributed by atoms with Crippen molar-refractivity contribution in [1.29, 1.82) is 0 Å². The summed E-state index contributed by atoms with van der Waals surface area (Å²) in [6, 6.07) is -1.02. The molecule has 0 spiro atoms. The van der Waals surface area contributed by atoms with Crippen LogP contribution in [0.5, 0.6) is 0 Å². The molecule has 0 heterocycles. The molecule has 2 N–H and O–H groups in total. The van der Waals surface area contributed by atoms with Crippen molar-refractivity contribution in [2.75, 3.05) is 13.7 Å². The van der Waals surface area contributed by atoms with Crippen LogP contribution in [0, 0.1) is 0 Å². The van der Waals surface area contributed by atoms with E-state index in [0.29, 0.717) is 0 Å². The van der Waals surface area contributed by atoms with Gasteiger partial charge in [0, 0.05) is 5.54 Å². The molecule has 0 bridgehead atoms. The van der Waals surface area contributed by atoms with E-state index in [0.717, 1.165) is 0 Å². The number of hydrogen-bond acceptors (Lipinski definition) is 4. The molecule has 0 aliphatic heterocycles. The van der Waals surface area contributed by atoms with E-state index in [1.807, 2.05) is 20.8 Å². The molecule has 0 aromatic heterocycles. The normalized spacial score (nSPS) is 14.6. The standard InChI is InChI=1S/C8H17NO4/c1-8(2,3)9(13-4)6(5-10)7(11)12/h6,10H,5H2,1-4H3,(H,11,12)/t6-/m0/s1. The van der Waals surface area contributed by atoms with E-state index in [1.54, 1.807) is 0 Å². The highest BCUT2D eigenvalue weighted by atomic mass is 16.7. The van der Waals surface area contributed by atoms with Gasteiger partial charge < -0.3 is 15.1 Å². The molecular formula is C8H17NO4. The highest BCUT2D eigenvalue weighted by Crippen LogP contribution is 2.16. The number of hydroxylamine groups is 2. The molecular weight excluding hydrogens is 174 g/mol. The van der Waals surface area contributed by atoms with E-state index in [9.17, 15) is 4.79 Å². The van der Waals surface area contributed by atoms with Crippen molar-refractivity contribution in [1.82, 2.24) is 5.06 Å². The Labute approximate surface area is 77.9 Å². The molecule has 0 fully saturated rings. The summed E-state index contributed by atoms with van der Waals surface area (Å²) in [5.74, 6) is -1.10. The highest BCUT2D eigenvalue weighted by Gasteiger charge is 2.33. The topological polar surface area (TPSA) is 70.0 Å². The fraction of sp³-hybridized carbons (Fsp3) is 0.875. The molecule has 1 atom stereocenters. The third-order valence-electron chi connectivity index (χ3n) is 1.60. The molecule has 13 heavy (non-hydrogen) atoms. The van der Waals surface area contributed by atoms with Crippen molar-refractivity contribution in [3.63, 3.8) is 0 Å². The fourth-order valence-corrected chi connectivity index (χ4v) is 1.12. The molecule has 78 valence electrons. The van der Waals surface area contributed by atoms with Crippen molar-refractivity contribution >= 4 is 5.97 Å². The number of aliphatic hydroxyl groups excluding tert-OH is 1. The summed E-state index contributed by atoms with van der Waals surface area (Å²) in [4.78, 5) is 15.6. The average molecular weight is 191 g/mol. The molecule has 0 amide bonds. The van der Waals surface area contributed by atoms with Crippen LogP contribution < -0.4 is 0 Å². The first-order chi connectivity index (χ1) is 5.84. The second-order valence-corrected chi connectivity index (χ2v) is 3.72. The molecule has 0 aromatic carbocycles. The van der Waals surface area contributed by atoms with Gasteiger partial charge in [-0.1, -0.05) is 0 Å². The van der Waals surface area contributed by atoms with Crippen LogP contribution in [0.2, 0.25) is 0 Å². The SMILES string of the molecule is CON([C@@H](CO)C(=O)O)C(C)(C)C. The maximum absolute atomic E-state index is 10.7. The van der Waals surface area contributed by atoms with E-state index in [4.69, 9.17) is 15.1 Å². The smallest absolute Gasteiger partial charge is 0.325 e. The molecule has 0 saturated heterocycles. The van der Waals surface area contributed by atoms with Crippen molar-refractivity contribution in [2.45, 2.75) is 32.4 Å². The van der Waals surface area contributed by atoms with E-state index in [-0.39, 0.29) is 0 Å². The first-order valence-electron chi connectivity index (χ1n) is 4.01. The lowest BCUT2D eigenvalue weighted by atomic mass is 10.1. The molecule has 0 aromatic rings. The van der Waals surface area contributed by atoms with Crippen LogP contribution in [-0.4, -0.2) is 46.5 Å². The van der Waals surface area contributed by atoms with Crippen molar-refractivity contribution < 1.29 is 19.8 Å². The molecule has 0 aliphatic rings. The Bertz CT molecular complexity index is 175. The van der Waals surface area contributed by atoms with Crippen LogP contribution in [0.3, 0.4) is 0 Å². The molecule has 0 rings (SSSR count). The second-order valence-electron chi connectivity index (χ2n) is 3.72. The van der Waals surface area contributed by atoms with Gasteiger partial charge in [-0.2, -0.15) is 5.06 Å². The van der Waals surface area contributed by atoms with Gasteiger partial charge in [-0.3, -0.25) is 4.79 Å². The number of carboxylic acid groups (broad SMARTS) is 1. The van der Waals surface area contributed by atoms with Gasteiger partial charge in [-0.25, -0.2) is 0 Å². The summed E-state index contributed by atoms with van der Waals surface area (Å²) < 4.78 is 0. The lowest BCUT2D eigenvalue weighted by Gasteiger charge is -2.36. The van der Waals surface area contributed by atoms with Gasteiger partial charge in [0.1, 0.15) is 0 Å². The Hall–Kier alpha value is -0.650. The van der Waals surface area contributed by atoms with Crippen LogP contribution in [0.25, 0.3) is 0 Å². The Morgan fingerprint density at radius 3 is 2.08 bits per heavy atom. The van der Waals surface area contributed by atoms with Gasteiger partial charge in [0.2, 0.25) is 0 Å². The molecule has 5 heteroatoms. The minimum atomic E-state index is -1.10. The minimum Gasteiger partial charge on any atom is -0.480 e. The monoisotopic (exact) mass is 191 g/mol. The third-order valence-corrected chi connectivity index (χ3v) is 1.60. The lowest BCUT2D eigenvalue weighted by Crippen LogP contribution is -2.52. The summed E-state index contributed by atoms with van der Waals surface area (Å²) in [6.45, 7) is 4.95. The fourth-order valence-electron chi connectivity index (χ4n) is 1.12. The van der Waals surface area contributed by atoms with Gasteiger partial charge >= 0.3 is 5.97 Å². The number of carboxylic acids is 1. The van der Waals surface area contributed by atoms with Gasteiger partial charge in [-0.15, -0.1) is 0 Å². The van der Waals surface area contributed by atoms with Crippen LogP contribution in [0.15, 0.2) is 0 Å². The summed E-state index contributed by atoms with van der Waals surface area (Å²) in [5.41, 5.74) is -0.458. The van der Waals surface area contributed by atoms with Crippen molar-refractivity contribution in [2.24, 2.45) is 0 Å². The molecule has 0 aliphatic carbocycles. The summed E-state index contributed by atoms with van der Waals surface area (Å²) >= 11 is 0. The number of hydrogen-bond donors (Lipinski definition) is 2. The summed E-state index contributed by atoms with van der Waals surface area (Å²) in [5, 5.41) is 18.9. The quantitative estimate of drug-likeness (QED) is 0.616. The predicted molar refractivity (Wildman–Crippen MR) is 47.1 cm³/mol. The molecule has 0 saturated carbocycles. The zero-order valence-electron chi connectivity index (χ0n) is 8.44. The Balaban J connectivity index is 4.63. The first-order valence-corrected chi connectivity index (χ1v) is 4.01. The van der Waals surface area contributed by atoms with Gasteiger partial charge in [-0.05, 0) is 20.8 Å². The Morgan fingerprint density at radius 2 is 2.00 bits per heavy atom. The van der Waals surface area contributed by atoms with Crippen molar-refractivity contribution in [3.8, 4) is 0 Å². The van der Waals surface area contributed by atoms with E-state index in [1.165, 1.54) is 12.2 Å².